The van der Waals surface area contributed by atoms with Crippen LogP contribution >= 0.6 is 0 Å². The summed E-state index contributed by atoms with van der Waals surface area (Å²) in [5.74, 6) is 1.47. The van der Waals surface area contributed by atoms with Gasteiger partial charge in [-0.2, -0.15) is 5.26 Å². The number of carbonyl (C=O) groups is 1. The molecular weight excluding hydrogens is 388 g/mol. The van der Waals surface area contributed by atoms with Crippen molar-refractivity contribution in [3.05, 3.63) is 71.8 Å². The highest BCUT2D eigenvalue weighted by atomic mass is 16.5. The highest BCUT2D eigenvalue weighted by Crippen LogP contribution is 2.60. The van der Waals surface area contributed by atoms with Crippen molar-refractivity contribution in [1.82, 2.24) is 9.97 Å². The van der Waals surface area contributed by atoms with Crippen LogP contribution in [0.1, 0.15) is 29.9 Å². The minimum atomic E-state index is -0.257. The molecule has 0 spiro atoms. The molecule has 1 aromatic carbocycles. The maximum absolute atomic E-state index is 13.1. The molecule has 0 aliphatic heterocycles. The van der Waals surface area contributed by atoms with Gasteiger partial charge in [-0.05, 0) is 50.3 Å². The normalized spacial score (nSPS) is 23.8. The number of hydrogen-bond donors (Lipinski definition) is 1. The molecule has 1 amide bonds. The van der Waals surface area contributed by atoms with Crippen LogP contribution in [0.2, 0.25) is 0 Å². The van der Waals surface area contributed by atoms with Gasteiger partial charge >= 0.3 is 0 Å². The average Bonchev–Trinajstić information content (AvgIpc) is 3.50. The molecule has 1 fully saturated rings. The van der Waals surface area contributed by atoms with E-state index in [9.17, 15) is 4.79 Å². The number of ether oxygens (including phenoxy) is 1. The zero-order chi connectivity index (χ0) is 21.8. The second-order valence-corrected chi connectivity index (χ2v) is 8.33. The van der Waals surface area contributed by atoms with Crippen LogP contribution in [0.4, 0.5) is 5.69 Å². The van der Waals surface area contributed by atoms with Gasteiger partial charge in [0.15, 0.2) is 5.75 Å². The molecule has 158 valence electrons. The molecule has 4 rings (SSSR count). The number of anilines is 1. The van der Waals surface area contributed by atoms with Crippen LogP contribution in [0, 0.1) is 42.4 Å². The Balaban J connectivity index is 1.49. The van der Waals surface area contributed by atoms with Gasteiger partial charge in [-0.3, -0.25) is 4.79 Å². The fraction of sp³-hybridized carbons (Fsp3) is 0.360. The number of rotatable bonds is 7. The predicted octanol–water partition coefficient (Wildman–Crippen LogP) is 4.32. The van der Waals surface area contributed by atoms with Crippen molar-refractivity contribution in [3.8, 4) is 11.8 Å². The lowest BCUT2D eigenvalue weighted by atomic mass is 9.82. The van der Waals surface area contributed by atoms with Crippen molar-refractivity contribution < 1.29 is 9.53 Å². The third-order valence-electron chi connectivity index (χ3n) is 6.18. The second kappa shape index (κ2) is 8.73. The largest absolute Gasteiger partial charge is 0.489 e. The molecule has 3 atom stereocenters. The number of aromatic nitrogens is 2. The highest BCUT2D eigenvalue weighted by Gasteiger charge is 2.62. The number of nitriles is 1. The van der Waals surface area contributed by atoms with Crippen molar-refractivity contribution >= 4 is 11.6 Å². The molecule has 2 aliphatic rings. The van der Waals surface area contributed by atoms with Gasteiger partial charge in [-0.1, -0.05) is 36.4 Å². The standard InChI is InChI=1S/C25H26N4O2/c1-17-23(15-27-18(2)28-17)31-16-25(20-8-4-3-5-9-20)14-22(25)24(30)29-21-10-6-7-19(13-21)11-12-26/h3-8,10,13,15,20,22H,9,11,14,16H2,1-2H3,(H,29,30)/t20?,22-,25+/m0/s1. The SMILES string of the molecule is Cc1ncc(OC[C@@]2(C3C=CC=CC3)C[C@H]2C(=O)Nc2cccc(CC#N)c2)c(C)n1. The van der Waals surface area contributed by atoms with Crippen molar-refractivity contribution in [3.63, 3.8) is 0 Å². The van der Waals surface area contributed by atoms with E-state index in [1.807, 2.05) is 44.2 Å². The molecule has 1 N–H and O–H groups in total. The van der Waals surface area contributed by atoms with Crippen LogP contribution in [-0.2, 0) is 11.2 Å². The third-order valence-corrected chi connectivity index (χ3v) is 6.18. The molecule has 0 bridgehead atoms. The number of carbonyl (C=O) groups excluding carboxylic acids is 1. The van der Waals surface area contributed by atoms with Gasteiger partial charge in [0.1, 0.15) is 5.82 Å². The lowest BCUT2D eigenvalue weighted by molar-refractivity contribution is -0.118. The summed E-state index contributed by atoms with van der Waals surface area (Å²) < 4.78 is 6.15. The van der Waals surface area contributed by atoms with Crippen LogP contribution < -0.4 is 10.1 Å². The first kappa shape index (κ1) is 20.8. The molecule has 1 unspecified atom stereocenters. The minimum Gasteiger partial charge on any atom is -0.489 e. The molecule has 0 saturated heterocycles. The zero-order valence-electron chi connectivity index (χ0n) is 17.8. The number of aryl methyl sites for hydroxylation is 2. The van der Waals surface area contributed by atoms with Gasteiger partial charge in [0, 0.05) is 17.0 Å². The Morgan fingerprint density at radius 1 is 1.35 bits per heavy atom. The molecule has 6 heteroatoms. The van der Waals surface area contributed by atoms with E-state index in [1.54, 1.807) is 6.20 Å². The van der Waals surface area contributed by atoms with Crippen LogP contribution in [0.5, 0.6) is 5.75 Å². The number of benzene rings is 1. The van der Waals surface area contributed by atoms with E-state index < -0.39 is 0 Å². The fourth-order valence-electron chi connectivity index (χ4n) is 4.36. The first-order valence-corrected chi connectivity index (χ1v) is 10.5. The van der Waals surface area contributed by atoms with E-state index in [0.29, 0.717) is 24.6 Å². The van der Waals surface area contributed by atoms with Crippen molar-refractivity contribution in [2.45, 2.75) is 33.1 Å². The third kappa shape index (κ3) is 4.51. The fourth-order valence-corrected chi connectivity index (χ4v) is 4.36. The number of hydrogen-bond acceptors (Lipinski definition) is 5. The van der Waals surface area contributed by atoms with Gasteiger partial charge < -0.3 is 10.1 Å². The van der Waals surface area contributed by atoms with Crippen molar-refractivity contribution in [1.29, 1.82) is 5.26 Å². The Bertz CT molecular complexity index is 1090. The molecule has 31 heavy (non-hydrogen) atoms. The van der Waals surface area contributed by atoms with Crippen LogP contribution in [-0.4, -0.2) is 22.5 Å². The summed E-state index contributed by atoms with van der Waals surface area (Å²) in [7, 11) is 0. The number of nitrogens with zero attached hydrogens (tertiary/aromatic N) is 3. The Morgan fingerprint density at radius 2 is 2.23 bits per heavy atom. The van der Waals surface area contributed by atoms with Gasteiger partial charge in [0.2, 0.25) is 5.91 Å². The molecular formula is C25H26N4O2. The maximum Gasteiger partial charge on any atom is 0.228 e. The number of nitrogens with one attached hydrogen (secondary N) is 1. The lowest BCUT2D eigenvalue weighted by Gasteiger charge is -2.26. The summed E-state index contributed by atoms with van der Waals surface area (Å²) in [6.07, 6.45) is 12.1. The van der Waals surface area contributed by atoms with E-state index in [1.165, 1.54) is 0 Å². The Labute approximate surface area is 182 Å². The van der Waals surface area contributed by atoms with Crippen molar-refractivity contribution in [2.24, 2.45) is 17.3 Å². The number of amides is 1. The van der Waals surface area contributed by atoms with Gasteiger partial charge in [-0.15, -0.1) is 0 Å². The molecule has 1 heterocycles. The minimum absolute atomic E-state index is 0.00228. The van der Waals surface area contributed by atoms with Gasteiger partial charge in [-0.25, -0.2) is 9.97 Å². The van der Waals surface area contributed by atoms with E-state index >= 15 is 0 Å². The van der Waals surface area contributed by atoms with E-state index in [4.69, 9.17) is 10.00 Å². The average molecular weight is 415 g/mol. The Kier molecular flexibility index (Phi) is 5.85. The smallest absolute Gasteiger partial charge is 0.228 e. The van der Waals surface area contributed by atoms with Crippen molar-refractivity contribution in [2.75, 3.05) is 11.9 Å². The second-order valence-electron chi connectivity index (χ2n) is 8.33. The summed E-state index contributed by atoms with van der Waals surface area (Å²) in [4.78, 5) is 21.7. The van der Waals surface area contributed by atoms with E-state index in [-0.39, 0.29) is 23.2 Å². The molecule has 0 radical (unpaired) electrons. The highest BCUT2D eigenvalue weighted by molar-refractivity contribution is 5.95. The Hall–Kier alpha value is -3.46. The maximum atomic E-state index is 13.1. The quantitative estimate of drug-likeness (QED) is 0.729. The van der Waals surface area contributed by atoms with Gasteiger partial charge in [0.05, 0.1) is 31.0 Å². The van der Waals surface area contributed by atoms with Crippen LogP contribution in [0.25, 0.3) is 0 Å². The predicted molar refractivity (Wildman–Crippen MR) is 118 cm³/mol. The summed E-state index contributed by atoms with van der Waals surface area (Å²) in [5.41, 5.74) is 2.16. The topological polar surface area (TPSA) is 87.9 Å². The monoisotopic (exact) mass is 414 g/mol. The first-order chi connectivity index (χ1) is 15.0. The van der Waals surface area contributed by atoms with Crippen LogP contribution in [0.3, 0.4) is 0 Å². The summed E-state index contributed by atoms with van der Waals surface area (Å²) in [6, 6.07) is 9.61. The first-order valence-electron chi connectivity index (χ1n) is 10.5. The summed E-state index contributed by atoms with van der Waals surface area (Å²) >= 11 is 0. The van der Waals surface area contributed by atoms with E-state index in [0.717, 1.165) is 29.8 Å². The molecule has 2 aliphatic carbocycles. The molecule has 6 nitrogen and oxygen atoms in total. The summed E-state index contributed by atoms with van der Waals surface area (Å²) in [5, 5.41) is 12.0. The lowest BCUT2D eigenvalue weighted by Crippen LogP contribution is -2.29. The number of allylic oxidation sites excluding steroid dienone is 4. The van der Waals surface area contributed by atoms with Crippen LogP contribution in [0.15, 0.2) is 54.8 Å². The summed E-state index contributed by atoms with van der Waals surface area (Å²) in [6.45, 7) is 4.20. The van der Waals surface area contributed by atoms with Gasteiger partial charge in [0.25, 0.3) is 0 Å². The molecule has 2 aromatic rings. The molecule has 1 saturated carbocycles. The van der Waals surface area contributed by atoms with E-state index in [2.05, 4.69) is 39.6 Å². The zero-order valence-corrected chi connectivity index (χ0v) is 17.8. The Morgan fingerprint density at radius 3 is 2.97 bits per heavy atom. The molecule has 1 aromatic heterocycles.